The van der Waals surface area contributed by atoms with Gasteiger partial charge in [-0.2, -0.15) is 0 Å². The Morgan fingerprint density at radius 3 is 2.74 bits per heavy atom. The quantitative estimate of drug-likeness (QED) is 0.832. The number of hydrogen-bond acceptors (Lipinski definition) is 5. The molecule has 0 aromatic heterocycles. The summed E-state index contributed by atoms with van der Waals surface area (Å²) in [5.74, 6) is 1.27. The van der Waals surface area contributed by atoms with Crippen molar-refractivity contribution in [2.45, 2.75) is 19.0 Å². The highest BCUT2D eigenvalue weighted by Gasteiger charge is 2.30. The molecule has 1 saturated heterocycles. The second kappa shape index (κ2) is 5.38. The second-order valence-corrected chi connectivity index (χ2v) is 7.27. The van der Waals surface area contributed by atoms with Crippen LogP contribution >= 0.6 is 0 Å². The summed E-state index contributed by atoms with van der Waals surface area (Å²) >= 11 is 0. The summed E-state index contributed by atoms with van der Waals surface area (Å²) in [4.78, 5) is 2.06. The Kier molecular flexibility index (Phi) is 4.01. The highest BCUT2D eigenvalue weighted by atomic mass is 32.2. The van der Waals surface area contributed by atoms with E-state index in [0.29, 0.717) is 24.4 Å². The van der Waals surface area contributed by atoms with Crippen LogP contribution in [0.15, 0.2) is 18.2 Å². The van der Waals surface area contributed by atoms with Gasteiger partial charge in [0, 0.05) is 24.3 Å². The minimum Gasteiger partial charge on any atom is -0.497 e. The fourth-order valence-corrected chi connectivity index (χ4v) is 4.17. The average Bonchev–Trinajstić information content (AvgIpc) is 2.72. The third-order valence-electron chi connectivity index (χ3n) is 3.60. The molecule has 0 amide bonds. The number of nitrogen functional groups attached to an aromatic ring is 1. The Morgan fingerprint density at radius 2 is 2.21 bits per heavy atom. The normalized spacial score (nSPS) is 21.7. The maximum Gasteiger partial charge on any atom is 0.151 e. The number of methoxy groups -OCH3 is 1. The zero-order valence-electron chi connectivity index (χ0n) is 11.3. The molecule has 1 fully saturated rings. The van der Waals surface area contributed by atoms with Gasteiger partial charge in [0.05, 0.1) is 18.6 Å². The fourth-order valence-electron chi connectivity index (χ4n) is 2.36. The molecule has 0 radical (unpaired) electrons. The van der Waals surface area contributed by atoms with Crippen molar-refractivity contribution >= 4 is 15.5 Å². The second-order valence-electron chi connectivity index (χ2n) is 5.04. The van der Waals surface area contributed by atoms with E-state index in [-0.39, 0.29) is 11.8 Å². The van der Waals surface area contributed by atoms with Gasteiger partial charge in [-0.05, 0) is 25.1 Å². The smallest absolute Gasteiger partial charge is 0.151 e. The summed E-state index contributed by atoms with van der Waals surface area (Å²) in [6, 6.07) is 5.67. The summed E-state index contributed by atoms with van der Waals surface area (Å²) in [7, 11) is 0.694. The van der Waals surface area contributed by atoms with E-state index < -0.39 is 9.84 Å². The van der Waals surface area contributed by atoms with Crippen molar-refractivity contribution in [3.63, 3.8) is 0 Å². The molecule has 1 aliphatic heterocycles. The first-order valence-electron chi connectivity index (χ1n) is 6.24. The lowest BCUT2D eigenvalue weighted by atomic mass is 10.1. The standard InChI is InChI=1S/C13H20N2O3S/c1-15(11-5-6-19(16,17)9-11)8-10-3-4-12(18-2)7-13(10)14/h3-4,7,11H,5-6,8-9,14H2,1-2H3. The number of nitrogens with zero attached hydrogens (tertiary/aromatic N) is 1. The topological polar surface area (TPSA) is 72.6 Å². The van der Waals surface area contributed by atoms with E-state index in [1.54, 1.807) is 13.2 Å². The predicted octanol–water partition coefficient (Wildman–Crippen LogP) is 0.896. The van der Waals surface area contributed by atoms with Crippen LogP contribution in [0.4, 0.5) is 5.69 Å². The molecule has 0 spiro atoms. The zero-order valence-corrected chi connectivity index (χ0v) is 12.1. The van der Waals surface area contributed by atoms with Crippen LogP contribution in [0.5, 0.6) is 5.75 Å². The summed E-state index contributed by atoms with van der Waals surface area (Å²) < 4.78 is 28.1. The van der Waals surface area contributed by atoms with Gasteiger partial charge in [-0.15, -0.1) is 0 Å². The highest BCUT2D eigenvalue weighted by Crippen LogP contribution is 2.23. The third-order valence-corrected chi connectivity index (χ3v) is 5.35. The van der Waals surface area contributed by atoms with Crippen molar-refractivity contribution in [3.05, 3.63) is 23.8 Å². The van der Waals surface area contributed by atoms with E-state index in [9.17, 15) is 8.42 Å². The maximum absolute atomic E-state index is 11.5. The van der Waals surface area contributed by atoms with Crippen LogP contribution in [-0.4, -0.2) is 45.0 Å². The zero-order chi connectivity index (χ0) is 14.0. The van der Waals surface area contributed by atoms with Gasteiger partial charge >= 0.3 is 0 Å². The van der Waals surface area contributed by atoms with Gasteiger partial charge in [0.15, 0.2) is 9.84 Å². The molecular formula is C13H20N2O3S. The fraction of sp³-hybridized carbons (Fsp3) is 0.538. The van der Waals surface area contributed by atoms with Crippen molar-refractivity contribution in [1.82, 2.24) is 4.90 Å². The molecule has 0 aliphatic carbocycles. The largest absolute Gasteiger partial charge is 0.497 e. The Balaban J connectivity index is 2.05. The molecule has 0 bridgehead atoms. The van der Waals surface area contributed by atoms with Gasteiger partial charge in [-0.25, -0.2) is 8.42 Å². The van der Waals surface area contributed by atoms with Crippen LogP contribution in [0.25, 0.3) is 0 Å². The molecule has 1 unspecified atom stereocenters. The molecule has 19 heavy (non-hydrogen) atoms. The predicted molar refractivity (Wildman–Crippen MR) is 75.9 cm³/mol. The first-order chi connectivity index (χ1) is 8.91. The van der Waals surface area contributed by atoms with E-state index in [1.165, 1.54) is 0 Å². The van der Waals surface area contributed by atoms with Crippen LogP contribution in [0.3, 0.4) is 0 Å². The molecule has 1 heterocycles. The van der Waals surface area contributed by atoms with Gasteiger partial charge in [0.1, 0.15) is 5.75 Å². The maximum atomic E-state index is 11.5. The molecule has 1 aromatic carbocycles. The number of sulfone groups is 1. The Hall–Kier alpha value is -1.27. The molecule has 6 heteroatoms. The van der Waals surface area contributed by atoms with Crippen molar-refractivity contribution in [2.75, 3.05) is 31.4 Å². The SMILES string of the molecule is COc1ccc(CN(C)C2CCS(=O)(=O)C2)c(N)c1. The number of hydrogen-bond donors (Lipinski definition) is 1. The number of nitrogens with two attached hydrogens (primary N) is 1. The molecule has 2 N–H and O–H groups in total. The Labute approximate surface area is 114 Å². The third kappa shape index (κ3) is 3.39. The minimum absolute atomic E-state index is 0.0894. The van der Waals surface area contributed by atoms with Crippen molar-refractivity contribution in [1.29, 1.82) is 0 Å². The lowest BCUT2D eigenvalue weighted by Gasteiger charge is -2.23. The average molecular weight is 284 g/mol. The van der Waals surface area contributed by atoms with Gasteiger partial charge < -0.3 is 10.5 Å². The molecule has 2 rings (SSSR count). The molecule has 1 aromatic rings. The molecular weight excluding hydrogens is 264 g/mol. The molecule has 5 nitrogen and oxygen atoms in total. The lowest BCUT2D eigenvalue weighted by molar-refractivity contribution is 0.254. The number of ether oxygens (including phenoxy) is 1. The van der Waals surface area contributed by atoms with E-state index in [4.69, 9.17) is 10.5 Å². The molecule has 0 saturated carbocycles. The van der Waals surface area contributed by atoms with E-state index in [1.807, 2.05) is 19.2 Å². The lowest BCUT2D eigenvalue weighted by Crippen LogP contribution is -2.32. The molecule has 1 aliphatic rings. The van der Waals surface area contributed by atoms with E-state index in [0.717, 1.165) is 11.3 Å². The summed E-state index contributed by atoms with van der Waals surface area (Å²) in [5.41, 5.74) is 7.64. The summed E-state index contributed by atoms with van der Waals surface area (Å²) in [6.45, 7) is 0.649. The van der Waals surface area contributed by atoms with E-state index in [2.05, 4.69) is 4.90 Å². The minimum atomic E-state index is -2.85. The highest BCUT2D eigenvalue weighted by molar-refractivity contribution is 7.91. The van der Waals surface area contributed by atoms with Gasteiger partial charge in [0.25, 0.3) is 0 Å². The van der Waals surface area contributed by atoms with Crippen molar-refractivity contribution in [3.8, 4) is 5.75 Å². The van der Waals surface area contributed by atoms with Crippen LogP contribution in [0, 0.1) is 0 Å². The van der Waals surface area contributed by atoms with Crippen LogP contribution in [0.1, 0.15) is 12.0 Å². The Bertz CT molecular complexity index is 557. The molecule has 106 valence electrons. The number of anilines is 1. The summed E-state index contributed by atoms with van der Waals surface area (Å²) in [6.07, 6.45) is 0.703. The first-order valence-corrected chi connectivity index (χ1v) is 8.06. The van der Waals surface area contributed by atoms with Crippen LogP contribution in [0.2, 0.25) is 0 Å². The van der Waals surface area contributed by atoms with Crippen molar-refractivity contribution in [2.24, 2.45) is 0 Å². The first kappa shape index (κ1) is 14.1. The Morgan fingerprint density at radius 1 is 1.47 bits per heavy atom. The van der Waals surface area contributed by atoms with Gasteiger partial charge in [-0.3, -0.25) is 4.90 Å². The molecule has 1 atom stereocenters. The summed E-state index contributed by atoms with van der Waals surface area (Å²) in [5, 5.41) is 0. The number of benzene rings is 1. The monoisotopic (exact) mass is 284 g/mol. The van der Waals surface area contributed by atoms with E-state index >= 15 is 0 Å². The van der Waals surface area contributed by atoms with Crippen molar-refractivity contribution < 1.29 is 13.2 Å². The number of rotatable bonds is 4. The van der Waals surface area contributed by atoms with Gasteiger partial charge in [-0.1, -0.05) is 6.07 Å². The van der Waals surface area contributed by atoms with Crippen LogP contribution in [-0.2, 0) is 16.4 Å². The van der Waals surface area contributed by atoms with Crippen LogP contribution < -0.4 is 10.5 Å². The van der Waals surface area contributed by atoms with Gasteiger partial charge in [0.2, 0.25) is 0 Å².